The molecule has 0 amide bonds. The van der Waals surface area contributed by atoms with Gasteiger partial charge in [0.15, 0.2) is 11.4 Å². The van der Waals surface area contributed by atoms with Crippen LogP contribution in [0.2, 0.25) is 0 Å². The third kappa shape index (κ3) is 7.08. The van der Waals surface area contributed by atoms with E-state index in [2.05, 4.69) is 13.8 Å². The van der Waals surface area contributed by atoms with E-state index in [1.807, 2.05) is 0 Å². The first-order chi connectivity index (χ1) is 5.70. The van der Waals surface area contributed by atoms with Crippen molar-refractivity contribution in [3.63, 3.8) is 0 Å². The van der Waals surface area contributed by atoms with Gasteiger partial charge in [-0.1, -0.05) is 33.1 Å². The molecule has 4 heteroatoms. The molecule has 0 aromatic carbocycles. The highest BCUT2D eigenvalue weighted by molar-refractivity contribution is 8.50. The molecular weight excluding hydrogens is 191 g/mol. The molecule has 0 saturated carbocycles. The Morgan fingerprint density at radius 2 is 2.08 bits per heavy atom. The Morgan fingerprint density at radius 1 is 1.42 bits per heavy atom. The van der Waals surface area contributed by atoms with Gasteiger partial charge in [0, 0.05) is 0 Å². The van der Waals surface area contributed by atoms with Gasteiger partial charge in [0.25, 0.3) is 0 Å². The van der Waals surface area contributed by atoms with Crippen molar-refractivity contribution in [2.45, 2.75) is 51.2 Å². The fourth-order valence-corrected chi connectivity index (χ4v) is 3.29. The Balaban J connectivity index is 3.46. The molecule has 0 fully saturated rings. The molecule has 0 aromatic heterocycles. The SMILES string of the molecule is CCCCCC(CC)S[P+](=O)O. The first-order valence-electron chi connectivity index (χ1n) is 4.53. The molecular formula is C8H18O2PS+. The molecule has 2 unspecified atom stereocenters. The van der Waals surface area contributed by atoms with Gasteiger partial charge in [-0.25, -0.2) is 0 Å². The summed E-state index contributed by atoms with van der Waals surface area (Å²) >= 11 is 1.21. The van der Waals surface area contributed by atoms with Gasteiger partial charge in [0.1, 0.15) is 0 Å². The Morgan fingerprint density at radius 3 is 2.50 bits per heavy atom. The van der Waals surface area contributed by atoms with Crippen LogP contribution < -0.4 is 0 Å². The van der Waals surface area contributed by atoms with E-state index in [4.69, 9.17) is 4.89 Å². The summed E-state index contributed by atoms with van der Waals surface area (Å²) < 4.78 is 10.5. The molecule has 0 rings (SSSR count). The number of hydrogen-bond donors (Lipinski definition) is 1. The lowest BCUT2D eigenvalue weighted by Gasteiger charge is -2.04. The second kappa shape index (κ2) is 8.03. The second-order valence-electron chi connectivity index (χ2n) is 2.87. The van der Waals surface area contributed by atoms with Gasteiger partial charge in [-0.3, -0.25) is 0 Å². The van der Waals surface area contributed by atoms with Crippen molar-refractivity contribution in [1.82, 2.24) is 0 Å². The predicted molar refractivity (Wildman–Crippen MR) is 55.6 cm³/mol. The largest absolute Gasteiger partial charge is 0.583 e. The minimum absolute atomic E-state index is 0.380. The van der Waals surface area contributed by atoms with E-state index in [9.17, 15) is 4.57 Å². The molecule has 2 atom stereocenters. The summed E-state index contributed by atoms with van der Waals surface area (Å²) in [6.45, 7) is 4.24. The van der Waals surface area contributed by atoms with Crippen molar-refractivity contribution >= 4 is 18.6 Å². The number of unbranched alkanes of at least 4 members (excludes halogenated alkanes) is 2. The molecule has 0 spiro atoms. The Hall–Kier alpha value is 0.410. The molecule has 0 bridgehead atoms. The lowest BCUT2D eigenvalue weighted by molar-refractivity contribution is 0.519. The first-order valence-corrected chi connectivity index (χ1v) is 7.23. The molecule has 0 aliphatic rings. The summed E-state index contributed by atoms with van der Waals surface area (Å²) in [5.74, 6) is 0. The normalized spacial score (nSPS) is 14.4. The average Bonchev–Trinajstić information content (AvgIpc) is 2.02. The molecule has 2 nitrogen and oxygen atoms in total. The van der Waals surface area contributed by atoms with E-state index in [1.54, 1.807) is 0 Å². The fourth-order valence-electron chi connectivity index (χ4n) is 1.08. The molecule has 0 saturated heterocycles. The minimum atomic E-state index is -2.00. The second-order valence-corrected chi connectivity index (χ2v) is 5.79. The highest BCUT2D eigenvalue weighted by Gasteiger charge is 2.21. The predicted octanol–water partition coefficient (Wildman–Crippen LogP) is 3.73. The van der Waals surface area contributed by atoms with Crippen LogP contribution in [0.25, 0.3) is 0 Å². The van der Waals surface area contributed by atoms with Crippen LogP contribution in [0.4, 0.5) is 0 Å². The summed E-state index contributed by atoms with van der Waals surface area (Å²) in [6.07, 6.45) is 5.71. The number of rotatable bonds is 7. The molecule has 0 heterocycles. The lowest BCUT2D eigenvalue weighted by atomic mass is 10.1. The molecule has 72 valence electrons. The zero-order chi connectivity index (χ0) is 9.40. The summed E-state index contributed by atoms with van der Waals surface area (Å²) in [6, 6.07) is 0. The van der Waals surface area contributed by atoms with Gasteiger partial charge in [-0.05, 0) is 17.4 Å². The monoisotopic (exact) mass is 209 g/mol. The van der Waals surface area contributed by atoms with Crippen molar-refractivity contribution in [2.24, 2.45) is 0 Å². The van der Waals surface area contributed by atoms with Gasteiger partial charge in [0.2, 0.25) is 0 Å². The molecule has 0 aliphatic heterocycles. The van der Waals surface area contributed by atoms with Gasteiger partial charge in [-0.2, -0.15) is 4.89 Å². The lowest BCUT2D eigenvalue weighted by Crippen LogP contribution is -1.98. The van der Waals surface area contributed by atoms with E-state index in [1.165, 1.54) is 30.6 Å². The van der Waals surface area contributed by atoms with Gasteiger partial charge >= 0.3 is 7.23 Å². The van der Waals surface area contributed by atoms with E-state index < -0.39 is 7.23 Å². The van der Waals surface area contributed by atoms with E-state index in [-0.39, 0.29) is 0 Å². The van der Waals surface area contributed by atoms with Gasteiger partial charge in [0.05, 0.1) is 5.25 Å². The minimum Gasteiger partial charge on any atom is -0.151 e. The summed E-state index contributed by atoms with van der Waals surface area (Å²) in [4.78, 5) is 8.68. The third-order valence-electron chi connectivity index (χ3n) is 1.82. The first kappa shape index (κ1) is 12.4. The fraction of sp³-hybridized carbons (Fsp3) is 1.00. The van der Waals surface area contributed by atoms with Crippen LogP contribution in [0, 0.1) is 0 Å². The van der Waals surface area contributed by atoms with Crippen LogP contribution in [-0.4, -0.2) is 10.1 Å². The summed E-state index contributed by atoms with van der Waals surface area (Å²) in [5, 5.41) is 0.380. The van der Waals surface area contributed by atoms with E-state index in [0.29, 0.717) is 5.25 Å². The van der Waals surface area contributed by atoms with Crippen molar-refractivity contribution in [3.05, 3.63) is 0 Å². The average molecular weight is 209 g/mol. The van der Waals surface area contributed by atoms with Crippen molar-refractivity contribution in [3.8, 4) is 0 Å². The van der Waals surface area contributed by atoms with E-state index in [0.717, 1.165) is 12.8 Å². The van der Waals surface area contributed by atoms with Crippen LogP contribution in [0.15, 0.2) is 0 Å². The van der Waals surface area contributed by atoms with Crippen LogP contribution in [0.5, 0.6) is 0 Å². The zero-order valence-corrected chi connectivity index (χ0v) is 9.53. The quantitative estimate of drug-likeness (QED) is 0.512. The summed E-state index contributed by atoms with van der Waals surface area (Å²) in [5.41, 5.74) is 0. The Bertz CT molecular complexity index is 130. The molecule has 12 heavy (non-hydrogen) atoms. The molecule has 0 aliphatic carbocycles. The number of hydrogen-bond acceptors (Lipinski definition) is 2. The van der Waals surface area contributed by atoms with Crippen molar-refractivity contribution in [2.75, 3.05) is 0 Å². The smallest absolute Gasteiger partial charge is 0.151 e. The third-order valence-corrected chi connectivity index (χ3v) is 4.31. The molecule has 0 aromatic rings. The van der Waals surface area contributed by atoms with Crippen LogP contribution in [0.1, 0.15) is 46.0 Å². The maximum atomic E-state index is 10.5. The molecule has 0 radical (unpaired) electrons. The van der Waals surface area contributed by atoms with Crippen LogP contribution in [-0.2, 0) is 4.57 Å². The van der Waals surface area contributed by atoms with Crippen LogP contribution >= 0.6 is 18.6 Å². The highest BCUT2D eigenvalue weighted by atomic mass is 32.7. The zero-order valence-electron chi connectivity index (χ0n) is 7.82. The Labute approximate surface area is 79.8 Å². The van der Waals surface area contributed by atoms with Crippen LogP contribution in [0.3, 0.4) is 0 Å². The topological polar surface area (TPSA) is 37.3 Å². The van der Waals surface area contributed by atoms with Gasteiger partial charge in [-0.15, -0.1) is 0 Å². The van der Waals surface area contributed by atoms with E-state index >= 15 is 0 Å². The van der Waals surface area contributed by atoms with Crippen molar-refractivity contribution < 1.29 is 9.46 Å². The standard InChI is InChI=1S/C8H17O2PS/c1-3-5-6-7-8(4-2)12-11(9)10/h8H,3-7H2,1-2H3/p+1. The highest BCUT2D eigenvalue weighted by Crippen LogP contribution is 2.40. The maximum absolute atomic E-state index is 10.5. The Kier molecular flexibility index (Phi) is 8.30. The summed E-state index contributed by atoms with van der Waals surface area (Å²) in [7, 11) is -2.00. The molecule has 1 N–H and O–H groups in total. The van der Waals surface area contributed by atoms with Crippen molar-refractivity contribution in [1.29, 1.82) is 0 Å². The maximum Gasteiger partial charge on any atom is 0.583 e. The van der Waals surface area contributed by atoms with Gasteiger partial charge < -0.3 is 0 Å².